The molecule has 5 rings (SSSR count). The van der Waals surface area contributed by atoms with E-state index in [9.17, 15) is 20.1 Å². The lowest BCUT2D eigenvalue weighted by Gasteiger charge is -2.48. The van der Waals surface area contributed by atoms with Gasteiger partial charge in [0.1, 0.15) is 12.1 Å². The second kappa shape index (κ2) is 6.76. The Morgan fingerprint density at radius 1 is 1.31 bits per heavy atom. The fourth-order valence-corrected chi connectivity index (χ4v) is 4.84. The third-order valence-corrected chi connectivity index (χ3v) is 6.25. The first kappa shape index (κ1) is 20.4. The summed E-state index contributed by atoms with van der Waals surface area (Å²) in [6.45, 7) is 1.13. The number of para-hydroxylation sites is 1. The molecule has 0 bridgehead atoms. The van der Waals surface area contributed by atoms with Gasteiger partial charge in [-0.15, -0.1) is 0 Å². The molecule has 3 aliphatic rings. The van der Waals surface area contributed by atoms with Gasteiger partial charge in [-0.2, -0.15) is 0 Å². The molecule has 4 atom stereocenters. The zero-order chi connectivity index (χ0) is 22.8. The molecule has 0 aliphatic carbocycles. The van der Waals surface area contributed by atoms with Crippen LogP contribution in [-0.4, -0.2) is 85.9 Å². The smallest absolute Gasteiger partial charge is 0.339 e. The van der Waals surface area contributed by atoms with Gasteiger partial charge in [0.15, 0.2) is 23.7 Å². The molecule has 32 heavy (non-hydrogen) atoms. The minimum atomic E-state index is -2.66. The van der Waals surface area contributed by atoms with Crippen LogP contribution in [0.15, 0.2) is 40.3 Å². The highest BCUT2D eigenvalue weighted by Crippen LogP contribution is 2.45. The van der Waals surface area contributed by atoms with Gasteiger partial charge in [-0.05, 0) is 19.1 Å². The number of nitrogens with one attached hydrogen (secondary N) is 1. The molecule has 0 unspecified atom stereocenters. The van der Waals surface area contributed by atoms with Crippen molar-refractivity contribution in [3.63, 3.8) is 0 Å². The predicted molar refractivity (Wildman–Crippen MR) is 113 cm³/mol. The number of hydrogen-bond donors (Lipinski definition) is 6. The van der Waals surface area contributed by atoms with E-state index in [1.54, 1.807) is 37.3 Å². The molecule has 1 aromatic carbocycles. The number of aliphatic hydroxyl groups is 3. The van der Waals surface area contributed by atoms with Gasteiger partial charge in [0, 0.05) is 11.1 Å². The molecule has 1 spiro atoms. The van der Waals surface area contributed by atoms with E-state index in [1.807, 2.05) is 0 Å². The van der Waals surface area contributed by atoms with E-state index in [0.717, 1.165) is 0 Å². The Kier molecular flexibility index (Phi) is 4.31. The average Bonchev–Trinajstić information content (AvgIpc) is 3.22. The summed E-state index contributed by atoms with van der Waals surface area (Å²) < 4.78 is 5.61. The Morgan fingerprint density at radius 3 is 2.81 bits per heavy atom. The van der Waals surface area contributed by atoms with Crippen molar-refractivity contribution < 1.29 is 24.9 Å². The molecule has 0 radical (unpaired) electrons. The lowest BCUT2D eigenvalue weighted by atomic mass is 9.86. The fourth-order valence-electron chi connectivity index (χ4n) is 4.84. The number of esters is 1. The number of nitrogens with zero attached hydrogens (tertiary/aromatic N) is 4. The van der Waals surface area contributed by atoms with E-state index < -0.39 is 42.2 Å². The Bertz CT molecular complexity index is 1180. The average molecular weight is 441 g/mol. The second-order valence-electron chi connectivity index (χ2n) is 8.15. The number of pyridine rings is 1. The number of aryl methyl sites for hydroxylation is 1. The predicted octanol–water partition coefficient (Wildman–Crippen LogP) is -2.26. The number of ether oxygens (including phenoxy) is 1. The topological polar surface area (TPSA) is 192 Å². The number of guanidine groups is 2. The van der Waals surface area contributed by atoms with Crippen molar-refractivity contribution >= 4 is 28.8 Å². The SMILES string of the molecule is Cc1cc(C(=O)O[C@H]2CN3C(N)=N[C@@H](CO)[C@@H]4N=C(N)N[C@@]43C2(O)O)c2ccccc2n1. The molecule has 1 fully saturated rings. The van der Waals surface area contributed by atoms with Crippen molar-refractivity contribution in [1.82, 2.24) is 15.2 Å². The zero-order valence-electron chi connectivity index (χ0n) is 17.1. The summed E-state index contributed by atoms with van der Waals surface area (Å²) in [7, 11) is 0. The van der Waals surface area contributed by atoms with Crippen molar-refractivity contribution in [1.29, 1.82) is 0 Å². The van der Waals surface area contributed by atoms with Crippen LogP contribution >= 0.6 is 0 Å². The van der Waals surface area contributed by atoms with E-state index in [0.29, 0.717) is 16.6 Å². The number of hydrogen-bond acceptors (Lipinski definition) is 12. The van der Waals surface area contributed by atoms with Crippen LogP contribution in [0.5, 0.6) is 0 Å². The number of aliphatic hydroxyl groups excluding tert-OH is 1. The Morgan fingerprint density at radius 2 is 2.06 bits per heavy atom. The van der Waals surface area contributed by atoms with Gasteiger partial charge in [-0.25, -0.2) is 14.8 Å². The molecule has 2 aromatic rings. The molecule has 1 saturated heterocycles. The number of aliphatic imine (C=N–C) groups is 2. The molecule has 12 heteroatoms. The first-order valence-corrected chi connectivity index (χ1v) is 10.0. The Hall–Kier alpha value is -3.48. The monoisotopic (exact) mass is 441 g/mol. The summed E-state index contributed by atoms with van der Waals surface area (Å²) >= 11 is 0. The molecular weight excluding hydrogens is 418 g/mol. The molecule has 0 amide bonds. The molecular formula is C20H23N7O5. The van der Waals surface area contributed by atoms with Crippen LogP contribution in [0.1, 0.15) is 16.1 Å². The normalized spacial score (nSPS) is 30.2. The number of benzene rings is 1. The molecule has 0 saturated carbocycles. The van der Waals surface area contributed by atoms with Gasteiger partial charge in [0.05, 0.1) is 24.2 Å². The number of carbonyl (C=O) groups is 1. The molecule has 1 aromatic heterocycles. The summed E-state index contributed by atoms with van der Waals surface area (Å²) in [5.74, 6) is -3.55. The van der Waals surface area contributed by atoms with Crippen LogP contribution in [0.2, 0.25) is 0 Å². The molecule has 4 heterocycles. The zero-order valence-corrected chi connectivity index (χ0v) is 17.1. The summed E-state index contributed by atoms with van der Waals surface area (Å²) in [5.41, 5.74) is 11.6. The molecule has 12 nitrogen and oxygen atoms in total. The highest BCUT2D eigenvalue weighted by atomic mass is 16.6. The number of carbonyl (C=O) groups excluding carboxylic acids is 1. The standard InChI is InChI=1S/C20H23N7O5/c1-9-6-11(10-4-2-3-5-12(10)23-9)16(29)32-14-7-27-18(22)24-13(8-28)15-19(27,20(14,30)31)26-17(21)25-15/h2-6,13-15,28,30-31H,7-8H2,1H3,(H2,22,24)(H3,21,25,26)/t13-,14-,15-,19-/m0/s1. The van der Waals surface area contributed by atoms with Crippen LogP contribution in [-0.2, 0) is 4.74 Å². The lowest BCUT2D eigenvalue weighted by molar-refractivity contribution is -0.257. The number of fused-ring (bicyclic) bond motifs is 1. The first-order chi connectivity index (χ1) is 15.2. The Labute approximate surface area is 182 Å². The fraction of sp³-hybridized carbons (Fsp3) is 0.400. The van der Waals surface area contributed by atoms with Crippen molar-refractivity contribution in [2.75, 3.05) is 13.2 Å². The lowest BCUT2D eigenvalue weighted by Crippen LogP contribution is -2.77. The second-order valence-corrected chi connectivity index (χ2v) is 8.15. The van der Waals surface area contributed by atoms with Gasteiger partial charge in [-0.3, -0.25) is 4.98 Å². The highest BCUT2D eigenvalue weighted by Gasteiger charge is 2.74. The molecule has 8 N–H and O–H groups in total. The van der Waals surface area contributed by atoms with E-state index in [1.165, 1.54) is 4.90 Å². The maximum absolute atomic E-state index is 13.2. The number of rotatable bonds is 3. The highest BCUT2D eigenvalue weighted by molar-refractivity contribution is 6.03. The van der Waals surface area contributed by atoms with Crippen LogP contribution in [0.25, 0.3) is 10.9 Å². The van der Waals surface area contributed by atoms with Crippen LogP contribution in [0, 0.1) is 6.92 Å². The van der Waals surface area contributed by atoms with Gasteiger partial charge < -0.3 is 41.7 Å². The van der Waals surface area contributed by atoms with Crippen molar-refractivity contribution in [2.24, 2.45) is 21.5 Å². The Balaban J connectivity index is 1.52. The quantitative estimate of drug-likeness (QED) is 0.224. The van der Waals surface area contributed by atoms with E-state index in [4.69, 9.17) is 16.2 Å². The summed E-state index contributed by atoms with van der Waals surface area (Å²) in [5, 5.41) is 35.6. The van der Waals surface area contributed by atoms with Gasteiger partial charge >= 0.3 is 5.97 Å². The van der Waals surface area contributed by atoms with Crippen molar-refractivity contribution in [2.45, 2.75) is 36.6 Å². The third-order valence-electron chi connectivity index (χ3n) is 6.25. The van der Waals surface area contributed by atoms with Gasteiger partial charge in [0.25, 0.3) is 0 Å². The van der Waals surface area contributed by atoms with Crippen LogP contribution < -0.4 is 16.8 Å². The minimum Gasteiger partial charge on any atom is -0.451 e. The number of nitrogens with two attached hydrogens (primary N) is 2. The van der Waals surface area contributed by atoms with E-state index in [2.05, 4.69) is 20.3 Å². The van der Waals surface area contributed by atoms with Gasteiger partial charge in [0.2, 0.25) is 5.79 Å². The molecule has 3 aliphatic heterocycles. The first-order valence-electron chi connectivity index (χ1n) is 10.0. The van der Waals surface area contributed by atoms with Gasteiger partial charge in [-0.1, -0.05) is 18.2 Å². The minimum absolute atomic E-state index is 0.0612. The van der Waals surface area contributed by atoms with Crippen LogP contribution in [0.4, 0.5) is 0 Å². The maximum atomic E-state index is 13.2. The largest absolute Gasteiger partial charge is 0.451 e. The summed E-state index contributed by atoms with van der Waals surface area (Å²) in [6, 6.07) is 6.83. The van der Waals surface area contributed by atoms with Crippen molar-refractivity contribution in [3.05, 3.63) is 41.6 Å². The molecule has 168 valence electrons. The summed E-state index contributed by atoms with van der Waals surface area (Å²) in [4.78, 5) is 27.3. The number of aromatic nitrogens is 1. The van der Waals surface area contributed by atoms with E-state index >= 15 is 0 Å². The van der Waals surface area contributed by atoms with E-state index in [-0.39, 0.29) is 24.0 Å². The maximum Gasteiger partial charge on any atom is 0.339 e. The van der Waals surface area contributed by atoms with Crippen molar-refractivity contribution in [3.8, 4) is 0 Å². The summed E-state index contributed by atoms with van der Waals surface area (Å²) in [6.07, 6.45) is -1.43. The van der Waals surface area contributed by atoms with Crippen LogP contribution in [0.3, 0.4) is 0 Å². The third kappa shape index (κ3) is 2.60.